The highest BCUT2D eigenvalue weighted by molar-refractivity contribution is 7.10. The molecule has 0 spiro atoms. The van der Waals surface area contributed by atoms with Gasteiger partial charge in [0.05, 0.1) is 6.61 Å². The van der Waals surface area contributed by atoms with Gasteiger partial charge in [-0.3, -0.25) is 4.90 Å². The van der Waals surface area contributed by atoms with Crippen molar-refractivity contribution in [3.05, 3.63) is 21.9 Å². The van der Waals surface area contributed by atoms with E-state index in [2.05, 4.69) is 40.1 Å². The lowest BCUT2D eigenvalue weighted by atomic mass is 10.2. The smallest absolute Gasteiger partial charge is 0.0540 e. The first-order valence-corrected chi connectivity index (χ1v) is 7.24. The van der Waals surface area contributed by atoms with E-state index < -0.39 is 0 Å². The minimum atomic E-state index is 0.144. The van der Waals surface area contributed by atoms with Crippen LogP contribution in [0.2, 0.25) is 0 Å². The largest absolute Gasteiger partial charge is 0.395 e. The van der Waals surface area contributed by atoms with Crippen LogP contribution in [0.5, 0.6) is 0 Å². The molecule has 0 aromatic carbocycles. The second-order valence-electron chi connectivity index (χ2n) is 4.61. The van der Waals surface area contributed by atoms with E-state index in [0.29, 0.717) is 6.42 Å². The van der Waals surface area contributed by atoms with Crippen LogP contribution in [0.4, 0.5) is 0 Å². The van der Waals surface area contributed by atoms with Gasteiger partial charge < -0.3 is 10.0 Å². The van der Waals surface area contributed by atoms with Crippen molar-refractivity contribution < 1.29 is 5.11 Å². The molecule has 0 aliphatic carbocycles. The number of thiophene rings is 1. The lowest BCUT2D eigenvalue weighted by molar-refractivity contribution is 0.149. The molecular formula is C14H20N2OS. The normalized spacial score (nSPS) is 17.4. The number of nitrogens with zero attached hydrogens (tertiary/aromatic N) is 2. The Morgan fingerprint density at radius 2 is 2.11 bits per heavy atom. The Balaban J connectivity index is 1.93. The fraction of sp³-hybridized carbons (Fsp3) is 0.571. The van der Waals surface area contributed by atoms with E-state index in [4.69, 9.17) is 5.11 Å². The summed E-state index contributed by atoms with van der Waals surface area (Å²) in [4.78, 5) is 6.21. The van der Waals surface area contributed by atoms with E-state index in [1.807, 2.05) is 0 Å². The van der Waals surface area contributed by atoms with E-state index in [9.17, 15) is 0 Å². The van der Waals surface area contributed by atoms with Crippen LogP contribution in [0.25, 0.3) is 0 Å². The summed E-state index contributed by atoms with van der Waals surface area (Å²) in [5.41, 5.74) is 1.13. The monoisotopic (exact) mass is 264 g/mol. The number of piperazine rings is 1. The molecule has 2 heterocycles. The van der Waals surface area contributed by atoms with Crippen molar-refractivity contribution >= 4 is 11.3 Å². The summed E-state index contributed by atoms with van der Waals surface area (Å²) >= 11 is 1.78. The lowest BCUT2D eigenvalue weighted by Gasteiger charge is -2.32. The van der Waals surface area contributed by atoms with E-state index >= 15 is 0 Å². The molecule has 0 atom stereocenters. The number of likely N-dealkylation sites (N-methyl/N-ethyl adjacent to an activating group) is 1. The van der Waals surface area contributed by atoms with Gasteiger partial charge in [-0.1, -0.05) is 11.8 Å². The average molecular weight is 264 g/mol. The minimum Gasteiger partial charge on any atom is -0.395 e. The average Bonchev–Trinajstić information content (AvgIpc) is 2.80. The number of hydrogen-bond donors (Lipinski definition) is 1. The van der Waals surface area contributed by atoms with Crippen molar-refractivity contribution in [2.75, 3.05) is 39.8 Å². The predicted octanol–water partition coefficient (Wildman–Crippen LogP) is 1.23. The third-order valence-electron chi connectivity index (χ3n) is 3.17. The number of rotatable bonds is 3. The Labute approximate surface area is 113 Å². The maximum atomic E-state index is 8.74. The zero-order chi connectivity index (χ0) is 12.8. The Morgan fingerprint density at radius 3 is 2.83 bits per heavy atom. The summed E-state index contributed by atoms with van der Waals surface area (Å²) in [6, 6.07) is 2.08. The molecule has 1 aliphatic heterocycles. The van der Waals surface area contributed by atoms with Gasteiger partial charge in [-0.25, -0.2) is 0 Å². The van der Waals surface area contributed by atoms with Crippen LogP contribution in [-0.2, 0) is 6.54 Å². The third kappa shape index (κ3) is 3.82. The van der Waals surface area contributed by atoms with Gasteiger partial charge in [-0.05, 0) is 18.5 Å². The Hall–Kier alpha value is -0.860. The van der Waals surface area contributed by atoms with Crippen LogP contribution in [-0.4, -0.2) is 54.7 Å². The second kappa shape index (κ2) is 6.91. The molecule has 98 valence electrons. The van der Waals surface area contributed by atoms with Gasteiger partial charge in [0.15, 0.2) is 0 Å². The van der Waals surface area contributed by atoms with Crippen LogP contribution in [0.15, 0.2) is 11.4 Å². The summed E-state index contributed by atoms with van der Waals surface area (Å²) in [6.07, 6.45) is 0.559. The summed E-state index contributed by atoms with van der Waals surface area (Å²) in [5, 5.41) is 10.8. The maximum absolute atomic E-state index is 8.74. The SMILES string of the molecule is CN1CCN(Cc2sccc2C#CCCO)CC1. The summed E-state index contributed by atoms with van der Waals surface area (Å²) in [5.74, 6) is 6.16. The van der Waals surface area contributed by atoms with Gasteiger partial charge in [-0.15, -0.1) is 11.3 Å². The fourth-order valence-corrected chi connectivity index (χ4v) is 2.87. The Kier molecular flexibility index (Phi) is 5.21. The van der Waals surface area contributed by atoms with E-state index in [-0.39, 0.29) is 6.61 Å². The van der Waals surface area contributed by atoms with Crippen molar-refractivity contribution in [2.24, 2.45) is 0 Å². The van der Waals surface area contributed by atoms with E-state index in [0.717, 1.165) is 38.3 Å². The molecule has 2 rings (SSSR count). The zero-order valence-corrected chi connectivity index (χ0v) is 11.7. The van der Waals surface area contributed by atoms with Crippen LogP contribution in [0.3, 0.4) is 0 Å². The van der Waals surface area contributed by atoms with Gasteiger partial charge >= 0.3 is 0 Å². The van der Waals surface area contributed by atoms with Gasteiger partial charge in [0.1, 0.15) is 0 Å². The molecule has 0 radical (unpaired) electrons. The maximum Gasteiger partial charge on any atom is 0.0540 e. The molecular weight excluding hydrogens is 244 g/mol. The minimum absolute atomic E-state index is 0.144. The van der Waals surface area contributed by atoms with Gasteiger partial charge in [0, 0.05) is 49.6 Å². The molecule has 1 aliphatic rings. The number of aliphatic hydroxyl groups is 1. The zero-order valence-electron chi connectivity index (χ0n) is 10.9. The first-order chi connectivity index (χ1) is 8.79. The van der Waals surface area contributed by atoms with Crippen LogP contribution < -0.4 is 0 Å². The standard InChI is InChI=1S/C14H20N2OS/c1-15-6-8-16(9-7-15)12-14-13(5-11-18-14)4-2-3-10-17/h5,11,17H,3,6-10,12H2,1H3. The fourth-order valence-electron chi connectivity index (χ4n) is 2.00. The molecule has 3 nitrogen and oxygen atoms in total. The third-order valence-corrected chi connectivity index (χ3v) is 4.07. The van der Waals surface area contributed by atoms with Crippen molar-refractivity contribution in [3.8, 4) is 11.8 Å². The van der Waals surface area contributed by atoms with Gasteiger partial charge in [-0.2, -0.15) is 0 Å². The summed E-state index contributed by atoms with van der Waals surface area (Å²) in [6.45, 7) is 5.73. The van der Waals surface area contributed by atoms with Crippen LogP contribution in [0.1, 0.15) is 16.9 Å². The molecule has 1 fully saturated rings. The molecule has 4 heteroatoms. The molecule has 1 aromatic heterocycles. The van der Waals surface area contributed by atoms with Gasteiger partial charge in [0.25, 0.3) is 0 Å². The van der Waals surface area contributed by atoms with E-state index in [1.165, 1.54) is 4.88 Å². The topological polar surface area (TPSA) is 26.7 Å². The molecule has 1 aromatic rings. The highest BCUT2D eigenvalue weighted by atomic mass is 32.1. The second-order valence-corrected chi connectivity index (χ2v) is 5.61. The van der Waals surface area contributed by atoms with Crippen molar-refractivity contribution in [2.45, 2.75) is 13.0 Å². The van der Waals surface area contributed by atoms with Crippen LogP contribution >= 0.6 is 11.3 Å². The quantitative estimate of drug-likeness (QED) is 0.832. The first kappa shape index (κ1) is 13.6. The number of aliphatic hydroxyl groups excluding tert-OH is 1. The highest BCUT2D eigenvalue weighted by Crippen LogP contribution is 2.18. The molecule has 1 saturated heterocycles. The predicted molar refractivity (Wildman–Crippen MR) is 75.7 cm³/mol. The van der Waals surface area contributed by atoms with Crippen molar-refractivity contribution in [1.29, 1.82) is 0 Å². The summed E-state index contributed by atoms with van der Waals surface area (Å²) < 4.78 is 0. The molecule has 0 unspecified atom stereocenters. The van der Waals surface area contributed by atoms with Crippen molar-refractivity contribution in [1.82, 2.24) is 9.80 Å². The Bertz CT molecular complexity index is 424. The lowest BCUT2D eigenvalue weighted by Crippen LogP contribution is -2.43. The highest BCUT2D eigenvalue weighted by Gasteiger charge is 2.15. The van der Waals surface area contributed by atoms with E-state index in [1.54, 1.807) is 11.3 Å². The summed E-state index contributed by atoms with van der Waals surface area (Å²) in [7, 11) is 2.17. The van der Waals surface area contributed by atoms with Crippen molar-refractivity contribution in [3.63, 3.8) is 0 Å². The first-order valence-electron chi connectivity index (χ1n) is 6.36. The van der Waals surface area contributed by atoms with Gasteiger partial charge in [0.2, 0.25) is 0 Å². The molecule has 18 heavy (non-hydrogen) atoms. The molecule has 0 amide bonds. The molecule has 0 saturated carbocycles. The van der Waals surface area contributed by atoms with Crippen LogP contribution in [0, 0.1) is 11.8 Å². The Morgan fingerprint density at radius 1 is 1.33 bits per heavy atom. The molecule has 0 bridgehead atoms. The number of hydrogen-bond acceptors (Lipinski definition) is 4. The molecule has 1 N–H and O–H groups in total.